The molecule has 3 aromatic rings. The molecule has 0 N–H and O–H groups in total. The second-order valence-electron chi connectivity index (χ2n) is 5.12. The maximum atomic E-state index is 12.8. The molecule has 0 saturated heterocycles. The predicted molar refractivity (Wildman–Crippen MR) is 97.8 cm³/mol. The van der Waals surface area contributed by atoms with E-state index in [0.29, 0.717) is 17.7 Å². The monoisotopic (exact) mass is 389 g/mol. The maximum Gasteiger partial charge on any atom is 0.262 e. The zero-order valence-corrected chi connectivity index (χ0v) is 15.1. The van der Waals surface area contributed by atoms with Crippen molar-refractivity contribution < 1.29 is 0 Å². The van der Waals surface area contributed by atoms with Crippen molar-refractivity contribution in [2.75, 3.05) is 0 Å². The van der Waals surface area contributed by atoms with Crippen LogP contribution in [-0.4, -0.2) is 14.5 Å². The van der Waals surface area contributed by atoms with Gasteiger partial charge in [-0.3, -0.25) is 14.3 Å². The van der Waals surface area contributed by atoms with Crippen LogP contribution >= 0.6 is 27.7 Å². The molecule has 0 bridgehead atoms. The second kappa shape index (κ2) is 7.27. The molecule has 6 heteroatoms. The number of halogens is 1. The van der Waals surface area contributed by atoms with Gasteiger partial charge >= 0.3 is 0 Å². The minimum Gasteiger partial charge on any atom is -0.287 e. The number of fused-ring (bicyclic) bond motifs is 1. The van der Waals surface area contributed by atoms with Gasteiger partial charge < -0.3 is 0 Å². The molecule has 0 aliphatic heterocycles. The highest BCUT2D eigenvalue weighted by Gasteiger charge is 2.12. The largest absolute Gasteiger partial charge is 0.287 e. The van der Waals surface area contributed by atoms with E-state index in [1.165, 1.54) is 0 Å². The van der Waals surface area contributed by atoms with Gasteiger partial charge in [0, 0.05) is 23.0 Å². The predicted octanol–water partition coefficient (Wildman–Crippen LogP) is 4.26. The molecule has 0 aliphatic carbocycles. The molecule has 0 saturated carbocycles. The summed E-state index contributed by atoms with van der Waals surface area (Å²) in [6.07, 6.45) is 2.67. The molecule has 1 aromatic carbocycles. The van der Waals surface area contributed by atoms with Crippen molar-refractivity contribution in [3.63, 3.8) is 0 Å². The Labute approximate surface area is 147 Å². The molecule has 2 heterocycles. The van der Waals surface area contributed by atoms with Crippen LogP contribution in [0.25, 0.3) is 10.9 Å². The summed E-state index contributed by atoms with van der Waals surface area (Å²) < 4.78 is 2.66. The van der Waals surface area contributed by atoms with Crippen LogP contribution < -0.4 is 5.56 Å². The molecule has 2 aromatic heterocycles. The van der Waals surface area contributed by atoms with Crippen LogP contribution in [0.5, 0.6) is 0 Å². The van der Waals surface area contributed by atoms with E-state index in [-0.39, 0.29) is 5.56 Å². The standard InChI is InChI=1S/C17H16BrN3OS/c1-2-9-21-16(22)14-10-12(18)6-7-15(14)20-17(21)23-11-13-5-3-4-8-19-13/h3-8,10H,2,9,11H2,1H3. The number of pyridine rings is 1. The zero-order valence-electron chi connectivity index (χ0n) is 12.7. The Hall–Kier alpha value is -1.66. The Balaban J connectivity index is 2.02. The fourth-order valence-electron chi connectivity index (χ4n) is 2.33. The lowest BCUT2D eigenvalue weighted by molar-refractivity contribution is 0.584. The quantitative estimate of drug-likeness (QED) is 0.483. The molecule has 0 fully saturated rings. The van der Waals surface area contributed by atoms with Gasteiger partial charge in [-0.15, -0.1) is 0 Å². The minimum atomic E-state index is 0.0154. The van der Waals surface area contributed by atoms with E-state index in [2.05, 4.69) is 32.8 Å². The van der Waals surface area contributed by atoms with E-state index in [0.717, 1.165) is 27.3 Å². The second-order valence-corrected chi connectivity index (χ2v) is 6.98. The highest BCUT2D eigenvalue weighted by molar-refractivity contribution is 9.10. The summed E-state index contributed by atoms with van der Waals surface area (Å²) in [5.41, 5.74) is 1.72. The number of aromatic nitrogens is 3. The number of hydrogen-bond acceptors (Lipinski definition) is 4. The van der Waals surface area contributed by atoms with Crippen LogP contribution in [0.2, 0.25) is 0 Å². The summed E-state index contributed by atoms with van der Waals surface area (Å²) >= 11 is 4.97. The summed E-state index contributed by atoms with van der Waals surface area (Å²) in [6, 6.07) is 11.5. The van der Waals surface area contributed by atoms with Crippen molar-refractivity contribution in [2.24, 2.45) is 0 Å². The smallest absolute Gasteiger partial charge is 0.262 e. The molecule has 23 heavy (non-hydrogen) atoms. The molecule has 118 valence electrons. The van der Waals surface area contributed by atoms with E-state index in [9.17, 15) is 4.79 Å². The van der Waals surface area contributed by atoms with Gasteiger partial charge in [-0.05, 0) is 36.8 Å². The van der Waals surface area contributed by atoms with Crippen LogP contribution in [0.3, 0.4) is 0 Å². The fourth-order valence-corrected chi connectivity index (χ4v) is 3.63. The van der Waals surface area contributed by atoms with Crippen LogP contribution in [0.1, 0.15) is 19.0 Å². The molecule has 0 atom stereocenters. The maximum absolute atomic E-state index is 12.8. The first-order chi connectivity index (χ1) is 11.2. The molecule has 0 spiro atoms. The summed E-state index contributed by atoms with van der Waals surface area (Å²) in [4.78, 5) is 21.8. The lowest BCUT2D eigenvalue weighted by Gasteiger charge is -2.12. The molecule has 0 radical (unpaired) electrons. The Morgan fingerprint density at radius 3 is 2.87 bits per heavy atom. The first-order valence-electron chi connectivity index (χ1n) is 7.42. The van der Waals surface area contributed by atoms with Crippen molar-refractivity contribution in [3.05, 3.63) is 63.1 Å². The topological polar surface area (TPSA) is 47.8 Å². The Bertz CT molecular complexity index is 880. The molecule has 0 unspecified atom stereocenters. The number of nitrogens with zero attached hydrogens (tertiary/aromatic N) is 3. The van der Waals surface area contributed by atoms with Crippen molar-refractivity contribution in [1.29, 1.82) is 0 Å². The first-order valence-corrected chi connectivity index (χ1v) is 9.19. The van der Waals surface area contributed by atoms with Crippen molar-refractivity contribution >= 4 is 38.6 Å². The third-order valence-electron chi connectivity index (χ3n) is 3.40. The molecule has 3 rings (SSSR count). The lowest BCUT2D eigenvalue weighted by atomic mass is 10.2. The third-order valence-corrected chi connectivity index (χ3v) is 4.91. The van der Waals surface area contributed by atoms with Gasteiger partial charge in [-0.1, -0.05) is 40.7 Å². The van der Waals surface area contributed by atoms with Crippen LogP contribution in [-0.2, 0) is 12.3 Å². The van der Waals surface area contributed by atoms with E-state index in [4.69, 9.17) is 0 Å². The van der Waals surface area contributed by atoms with Crippen LogP contribution in [0.4, 0.5) is 0 Å². The number of thioether (sulfide) groups is 1. The number of benzene rings is 1. The first kappa shape index (κ1) is 16.2. The lowest BCUT2D eigenvalue weighted by Crippen LogP contribution is -2.23. The highest BCUT2D eigenvalue weighted by Crippen LogP contribution is 2.23. The van der Waals surface area contributed by atoms with Gasteiger partial charge in [0.05, 0.1) is 16.6 Å². The SMILES string of the molecule is CCCn1c(SCc2ccccn2)nc2ccc(Br)cc2c1=O. The van der Waals surface area contributed by atoms with Gasteiger partial charge in [-0.2, -0.15) is 0 Å². The molecule has 0 amide bonds. The van der Waals surface area contributed by atoms with Gasteiger partial charge in [0.15, 0.2) is 5.16 Å². The summed E-state index contributed by atoms with van der Waals surface area (Å²) in [5.74, 6) is 0.693. The number of rotatable bonds is 5. The van der Waals surface area contributed by atoms with Crippen LogP contribution in [0.15, 0.2) is 57.0 Å². The van der Waals surface area contributed by atoms with Gasteiger partial charge in [0.1, 0.15) is 0 Å². The molecular formula is C17H16BrN3OS. The van der Waals surface area contributed by atoms with E-state index in [1.807, 2.05) is 36.4 Å². The fraction of sp³-hybridized carbons (Fsp3) is 0.235. The van der Waals surface area contributed by atoms with Crippen molar-refractivity contribution in [3.8, 4) is 0 Å². The average Bonchev–Trinajstić information content (AvgIpc) is 2.57. The Kier molecular flexibility index (Phi) is 5.13. The van der Waals surface area contributed by atoms with Crippen LogP contribution in [0, 0.1) is 0 Å². The van der Waals surface area contributed by atoms with Crippen molar-refractivity contribution in [2.45, 2.75) is 30.8 Å². The zero-order chi connectivity index (χ0) is 16.2. The number of hydrogen-bond donors (Lipinski definition) is 0. The van der Waals surface area contributed by atoms with Gasteiger partial charge in [0.2, 0.25) is 0 Å². The van der Waals surface area contributed by atoms with E-state index < -0.39 is 0 Å². The average molecular weight is 390 g/mol. The third kappa shape index (κ3) is 3.64. The van der Waals surface area contributed by atoms with E-state index >= 15 is 0 Å². The Morgan fingerprint density at radius 2 is 2.13 bits per heavy atom. The normalized spacial score (nSPS) is 11.0. The van der Waals surface area contributed by atoms with Crippen molar-refractivity contribution in [1.82, 2.24) is 14.5 Å². The Morgan fingerprint density at radius 1 is 1.26 bits per heavy atom. The van der Waals surface area contributed by atoms with Gasteiger partial charge in [-0.25, -0.2) is 4.98 Å². The van der Waals surface area contributed by atoms with Gasteiger partial charge in [0.25, 0.3) is 5.56 Å². The summed E-state index contributed by atoms with van der Waals surface area (Å²) in [5, 5.41) is 1.40. The molecular weight excluding hydrogens is 374 g/mol. The minimum absolute atomic E-state index is 0.0154. The molecule has 4 nitrogen and oxygen atoms in total. The molecule has 0 aliphatic rings. The highest BCUT2D eigenvalue weighted by atomic mass is 79.9. The summed E-state index contributed by atoms with van der Waals surface area (Å²) in [7, 11) is 0. The van der Waals surface area contributed by atoms with E-state index in [1.54, 1.807) is 22.5 Å². The summed E-state index contributed by atoms with van der Waals surface area (Å²) in [6.45, 7) is 2.73.